The number of thiazole rings is 1. The summed E-state index contributed by atoms with van der Waals surface area (Å²) in [6, 6.07) is 7.34. The molecule has 0 spiro atoms. The van der Waals surface area contributed by atoms with E-state index in [0.29, 0.717) is 14.9 Å². The van der Waals surface area contributed by atoms with Gasteiger partial charge in [-0.2, -0.15) is 0 Å². The van der Waals surface area contributed by atoms with Crippen molar-refractivity contribution in [2.45, 2.75) is 11.1 Å². The van der Waals surface area contributed by atoms with Crippen LogP contribution in [0.3, 0.4) is 0 Å². The van der Waals surface area contributed by atoms with Crippen LogP contribution in [-0.4, -0.2) is 21.4 Å². The molecule has 0 aliphatic heterocycles. The van der Waals surface area contributed by atoms with Crippen molar-refractivity contribution in [3.05, 3.63) is 41.6 Å². The molecule has 1 heterocycles. The normalized spacial score (nSPS) is 12.1. The van der Waals surface area contributed by atoms with Crippen LogP contribution in [0.2, 0.25) is 0 Å². The van der Waals surface area contributed by atoms with E-state index in [-0.39, 0.29) is 5.91 Å². The Morgan fingerprint density at radius 1 is 1.39 bits per heavy atom. The number of rotatable bonds is 3. The molecule has 0 aliphatic carbocycles. The molecule has 1 unspecified atom stereocenters. The second kappa shape index (κ2) is 5.41. The minimum absolute atomic E-state index is 0.198. The highest BCUT2D eigenvalue weighted by Crippen LogP contribution is 2.21. The van der Waals surface area contributed by atoms with Gasteiger partial charge < -0.3 is 0 Å². The molecule has 1 aromatic carbocycles. The molecule has 6 heteroatoms. The molecule has 0 aliphatic rings. The minimum atomic E-state index is -1.07. The Kier molecular flexibility index (Phi) is 3.88. The quantitative estimate of drug-likeness (QED) is 0.939. The Balaban J connectivity index is 2.16. The van der Waals surface area contributed by atoms with Gasteiger partial charge in [-0.1, -0.05) is 29.5 Å². The van der Waals surface area contributed by atoms with Gasteiger partial charge in [-0.05, 0) is 18.6 Å². The average Bonchev–Trinajstić information content (AvgIpc) is 2.78. The van der Waals surface area contributed by atoms with E-state index in [0.717, 1.165) is 5.56 Å². The van der Waals surface area contributed by atoms with Gasteiger partial charge in [0.15, 0.2) is 5.13 Å². The number of nitrogens with zero attached hydrogens (tertiary/aromatic N) is 1. The van der Waals surface area contributed by atoms with Crippen molar-refractivity contribution in [3.63, 3.8) is 0 Å². The standard InChI is InChI=1S/C12H12N2O2S2/c1-8-5-3-4-6-9(8)11(15)14-12-13-7-10(17-12)18(2)16/h3-7H,1-2H3,(H,13,14,15). The highest BCUT2D eigenvalue weighted by atomic mass is 32.2. The van der Waals surface area contributed by atoms with E-state index in [1.807, 2.05) is 25.1 Å². The lowest BCUT2D eigenvalue weighted by atomic mass is 10.1. The number of amides is 1. The highest BCUT2D eigenvalue weighted by Gasteiger charge is 2.11. The lowest BCUT2D eigenvalue weighted by Crippen LogP contribution is -2.12. The van der Waals surface area contributed by atoms with Crippen LogP contribution in [0.15, 0.2) is 34.7 Å². The summed E-state index contributed by atoms with van der Waals surface area (Å²) in [5.74, 6) is -0.198. The molecule has 94 valence electrons. The molecule has 0 saturated heterocycles. The molecule has 1 N–H and O–H groups in total. The van der Waals surface area contributed by atoms with Gasteiger partial charge in [0.25, 0.3) is 5.91 Å². The Morgan fingerprint density at radius 2 is 2.11 bits per heavy atom. The highest BCUT2D eigenvalue weighted by molar-refractivity contribution is 7.86. The van der Waals surface area contributed by atoms with Crippen molar-refractivity contribution in [1.82, 2.24) is 4.98 Å². The van der Waals surface area contributed by atoms with Crippen molar-refractivity contribution >= 4 is 33.2 Å². The molecule has 2 aromatic rings. The fourth-order valence-corrected chi connectivity index (χ4v) is 2.89. The topological polar surface area (TPSA) is 59.1 Å². The zero-order valence-corrected chi connectivity index (χ0v) is 11.6. The van der Waals surface area contributed by atoms with Gasteiger partial charge in [-0.25, -0.2) is 4.98 Å². The first-order chi connectivity index (χ1) is 8.58. The van der Waals surface area contributed by atoms with Gasteiger partial charge in [0.1, 0.15) is 4.21 Å². The maximum absolute atomic E-state index is 12.0. The summed E-state index contributed by atoms with van der Waals surface area (Å²) in [5.41, 5.74) is 1.53. The Bertz CT molecular complexity index is 608. The van der Waals surface area contributed by atoms with E-state index >= 15 is 0 Å². The van der Waals surface area contributed by atoms with Crippen LogP contribution < -0.4 is 5.32 Å². The molecule has 1 atom stereocenters. The zero-order chi connectivity index (χ0) is 13.1. The van der Waals surface area contributed by atoms with Gasteiger partial charge in [0.05, 0.1) is 17.0 Å². The first-order valence-corrected chi connectivity index (χ1v) is 7.61. The van der Waals surface area contributed by atoms with Crippen molar-refractivity contribution in [2.24, 2.45) is 0 Å². The molecule has 18 heavy (non-hydrogen) atoms. The van der Waals surface area contributed by atoms with Crippen LogP contribution in [0.4, 0.5) is 5.13 Å². The minimum Gasteiger partial charge on any atom is -0.298 e. The summed E-state index contributed by atoms with van der Waals surface area (Å²) in [4.78, 5) is 16.0. The molecule has 0 saturated carbocycles. The molecular formula is C12H12N2O2S2. The van der Waals surface area contributed by atoms with E-state index in [1.165, 1.54) is 17.5 Å². The SMILES string of the molecule is Cc1ccccc1C(=O)Nc1ncc(S(C)=O)s1. The number of anilines is 1. The lowest BCUT2D eigenvalue weighted by molar-refractivity contribution is 0.102. The molecule has 1 amide bonds. The van der Waals surface area contributed by atoms with Gasteiger partial charge in [-0.15, -0.1) is 0 Å². The molecule has 0 fully saturated rings. The molecule has 2 rings (SSSR count). The van der Waals surface area contributed by atoms with E-state index in [2.05, 4.69) is 10.3 Å². The maximum Gasteiger partial charge on any atom is 0.257 e. The second-order valence-corrected chi connectivity index (χ2v) is 6.34. The lowest BCUT2D eigenvalue weighted by Gasteiger charge is -2.04. The number of aryl methyl sites for hydroxylation is 1. The average molecular weight is 280 g/mol. The summed E-state index contributed by atoms with van der Waals surface area (Å²) < 4.78 is 11.9. The maximum atomic E-state index is 12.0. The van der Waals surface area contributed by atoms with Crippen LogP contribution in [-0.2, 0) is 10.8 Å². The van der Waals surface area contributed by atoms with E-state index in [1.54, 1.807) is 12.3 Å². The Morgan fingerprint density at radius 3 is 2.72 bits per heavy atom. The first-order valence-electron chi connectivity index (χ1n) is 5.24. The third-order valence-corrected chi connectivity index (χ3v) is 4.71. The molecule has 0 radical (unpaired) electrons. The van der Waals surface area contributed by atoms with Crippen LogP contribution in [0.5, 0.6) is 0 Å². The number of carbonyl (C=O) groups is 1. The number of aromatic nitrogens is 1. The van der Waals surface area contributed by atoms with Crippen LogP contribution in [0.1, 0.15) is 15.9 Å². The fraction of sp³-hybridized carbons (Fsp3) is 0.167. The summed E-state index contributed by atoms with van der Waals surface area (Å²) in [5, 5.41) is 3.17. The van der Waals surface area contributed by atoms with Gasteiger partial charge >= 0.3 is 0 Å². The second-order valence-electron chi connectivity index (χ2n) is 3.71. The predicted octanol–water partition coefficient (Wildman–Crippen LogP) is 2.44. The van der Waals surface area contributed by atoms with Crippen molar-refractivity contribution in [3.8, 4) is 0 Å². The van der Waals surface area contributed by atoms with Gasteiger partial charge in [0, 0.05) is 11.8 Å². The van der Waals surface area contributed by atoms with Gasteiger partial charge in [0.2, 0.25) is 0 Å². The fourth-order valence-electron chi connectivity index (χ4n) is 1.44. The van der Waals surface area contributed by atoms with Gasteiger partial charge in [-0.3, -0.25) is 14.3 Å². The van der Waals surface area contributed by atoms with E-state index < -0.39 is 10.8 Å². The largest absolute Gasteiger partial charge is 0.298 e. The zero-order valence-electron chi connectivity index (χ0n) is 9.97. The van der Waals surface area contributed by atoms with E-state index in [9.17, 15) is 9.00 Å². The van der Waals surface area contributed by atoms with Crippen molar-refractivity contribution in [2.75, 3.05) is 11.6 Å². The third kappa shape index (κ3) is 2.83. The number of hydrogen-bond acceptors (Lipinski definition) is 4. The van der Waals surface area contributed by atoms with Crippen LogP contribution in [0.25, 0.3) is 0 Å². The smallest absolute Gasteiger partial charge is 0.257 e. The van der Waals surface area contributed by atoms with Crippen LogP contribution >= 0.6 is 11.3 Å². The van der Waals surface area contributed by atoms with Crippen LogP contribution in [0, 0.1) is 6.92 Å². The van der Waals surface area contributed by atoms with Crippen molar-refractivity contribution < 1.29 is 9.00 Å². The molecule has 1 aromatic heterocycles. The Labute approximate surface area is 112 Å². The summed E-state index contributed by atoms with van der Waals surface area (Å²) >= 11 is 1.23. The monoisotopic (exact) mass is 280 g/mol. The summed E-state index contributed by atoms with van der Waals surface area (Å²) in [6.45, 7) is 1.88. The Hall–Kier alpha value is -1.53. The molecule has 0 bridgehead atoms. The van der Waals surface area contributed by atoms with Crippen molar-refractivity contribution in [1.29, 1.82) is 0 Å². The predicted molar refractivity (Wildman–Crippen MR) is 73.6 cm³/mol. The first kappa shape index (κ1) is 12.9. The molecule has 4 nitrogen and oxygen atoms in total. The summed E-state index contributed by atoms with van der Waals surface area (Å²) in [7, 11) is -1.07. The summed E-state index contributed by atoms with van der Waals surface area (Å²) in [6.07, 6.45) is 3.11. The number of benzene rings is 1. The number of nitrogens with one attached hydrogen (secondary N) is 1. The number of carbonyl (C=O) groups excluding carboxylic acids is 1. The van der Waals surface area contributed by atoms with E-state index in [4.69, 9.17) is 0 Å². The molecular weight excluding hydrogens is 268 g/mol. The number of hydrogen-bond donors (Lipinski definition) is 1. The third-order valence-electron chi connectivity index (χ3n) is 2.38.